The van der Waals surface area contributed by atoms with E-state index >= 15 is 0 Å². The zero-order valence-electron chi connectivity index (χ0n) is 12.6. The summed E-state index contributed by atoms with van der Waals surface area (Å²) in [7, 11) is 2.27. The number of hydrogen-bond acceptors (Lipinski definition) is 2. The van der Waals surface area contributed by atoms with Crippen LogP contribution in [0.25, 0.3) is 0 Å². The molecule has 2 atom stereocenters. The van der Waals surface area contributed by atoms with Crippen molar-refractivity contribution >= 4 is 0 Å². The Kier molecular flexibility index (Phi) is 5.94. The van der Waals surface area contributed by atoms with Crippen LogP contribution in [0.5, 0.6) is 0 Å². The summed E-state index contributed by atoms with van der Waals surface area (Å²) in [5.74, 6) is 1.76. The van der Waals surface area contributed by atoms with Crippen molar-refractivity contribution in [3.8, 4) is 0 Å². The van der Waals surface area contributed by atoms with Crippen LogP contribution < -0.4 is 5.32 Å². The van der Waals surface area contributed by atoms with Crippen molar-refractivity contribution in [3.05, 3.63) is 0 Å². The van der Waals surface area contributed by atoms with Gasteiger partial charge in [0.1, 0.15) is 0 Å². The van der Waals surface area contributed by atoms with Crippen LogP contribution in [0, 0.1) is 11.8 Å². The van der Waals surface area contributed by atoms with Gasteiger partial charge in [0.05, 0.1) is 0 Å². The summed E-state index contributed by atoms with van der Waals surface area (Å²) in [5.41, 5.74) is 0.352. The molecular formula is C15H32N2. The molecule has 1 aliphatic rings. The fourth-order valence-corrected chi connectivity index (χ4v) is 2.57. The predicted octanol–water partition coefficient (Wildman–Crippen LogP) is 3.13. The van der Waals surface area contributed by atoms with Gasteiger partial charge in [-0.15, -0.1) is 0 Å². The van der Waals surface area contributed by atoms with E-state index in [0.29, 0.717) is 5.54 Å². The Morgan fingerprint density at radius 3 is 2.65 bits per heavy atom. The van der Waals surface area contributed by atoms with Crippen LogP contribution in [0.3, 0.4) is 0 Å². The first-order chi connectivity index (χ1) is 7.97. The number of piperidine rings is 1. The van der Waals surface area contributed by atoms with E-state index in [9.17, 15) is 0 Å². The molecule has 0 aromatic rings. The maximum atomic E-state index is 3.53. The SMILES string of the molecule is CCC(C)(C)N(C)CCC(C)C1CCCNC1. The normalized spacial score (nSPS) is 24.0. The molecule has 2 heteroatoms. The second-order valence-corrected chi connectivity index (χ2v) is 6.46. The molecular weight excluding hydrogens is 208 g/mol. The van der Waals surface area contributed by atoms with Gasteiger partial charge in [0, 0.05) is 5.54 Å². The predicted molar refractivity (Wildman–Crippen MR) is 76.4 cm³/mol. The van der Waals surface area contributed by atoms with Gasteiger partial charge in [0.2, 0.25) is 0 Å². The summed E-state index contributed by atoms with van der Waals surface area (Å²) in [6.07, 6.45) is 5.36. The highest BCUT2D eigenvalue weighted by Crippen LogP contribution is 2.24. The minimum absolute atomic E-state index is 0.352. The molecule has 1 N–H and O–H groups in total. The average molecular weight is 240 g/mol. The largest absolute Gasteiger partial charge is 0.316 e. The number of rotatable bonds is 6. The molecule has 0 amide bonds. The first-order valence-electron chi connectivity index (χ1n) is 7.39. The third-order valence-electron chi connectivity index (χ3n) is 4.96. The fourth-order valence-electron chi connectivity index (χ4n) is 2.57. The average Bonchev–Trinajstić information content (AvgIpc) is 2.36. The van der Waals surface area contributed by atoms with E-state index in [-0.39, 0.29) is 0 Å². The van der Waals surface area contributed by atoms with Crippen molar-refractivity contribution in [1.82, 2.24) is 10.2 Å². The Bertz CT molecular complexity index is 207. The van der Waals surface area contributed by atoms with Crippen molar-refractivity contribution in [2.75, 3.05) is 26.7 Å². The number of nitrogens with one attached hydrogen (secondary N) is 1. The minimum atomic E-state index is 0.352. The third kappa shape index (κ3) is 4.59. The molecule has 0 aromatic carbocycles. The van der Waals surface area contributed by atoms with Crippen molar-refractivity contribution in [1.29, 1.82) is 0 Å². The topological polar surface area (TPSA) is 15.3 Å². The maximum absolute atomic E-state index is 3.53. The second-order valence-electron chi connectivity index (χ2n) is 6.46. The molecule has 0 radical (unpaired) electrons. The summed E-state index contributed by atoms with van der Waals surface area (Å²) >= 11 is 0. The van der Waals surface area contributed by atoms with Crippen LogP contribution in [-0.2, 0) is 0 Å². The van der Waals surface area contributed by atoms with Gasteiger partial charge >= 0.3 is 0 Å². The molecule has 0 spiro atoms. The molecule has 0 saturated carbocycles. The number of hydrogen-bond donors (Lipinski definition) is 1. The van der Waals surface area contributed by atoms with E-state index in [0.717, 1.165) is 11.8 Å². The van der Waals surface area contributed by atoms with E-state index in [4.69, 9.17) is 0 Å². The van der Waals surface area contributed by atoms with Gasteiger partial charge in [0.25, 0.3) is 0 Å². The van der Waals surface area contributed by atoms with Gasteiger partial charge in [-0.1, -0.05) is 13.8 Å². The highest BCUT2D eigenvalue weighted by Gasteiger charge is 2.24. The van der Waals surface area contributed by atoms with Crippen LogP contribution in [0.15, 0.2) is 0 Å². The van der Waals surface area contributed by atoms with Crippen LogP contribution in [-0.4, -0.2) is 37.1 Å². The van der Waals surface area contributed by atoms with Crippen LogP contribution >= 0.6 is 0 Å². The molecule has 17 heavy (non-hydrogen) atoms. The molecule has 102 valence electrons. The molecule has 0 aromatic heterocycles. The molecule has 2 nitrogen and oxygen atoms in total. The third-order valence-corrected chi connectivity index (χ3v) is 4.96. The lowest BCUT2D eigenvalue weighted by molar-refractivity contribution is 0.132. The first-order valence-corrected chi connectivity index (χ1v) is 7.39. The van der Waals surface area contributed by atoms with Crippen molar-refractivity contribution in [2.24, 2.45) is 11.8 Å². The van der Waals surface area contributed by atoms with Crippen LogP contribution in [0.4, 0.5) is 0 Å². The smallest absolute Gasteiger partial charge is 0.0147 e. The molecule has 2 unspecified atom stereocenters. The lowest BCUT2D eigenvalue weighted by Crippen LogP contribution is -2.42. The van der Waals surface area contributed by atoms with E-state index in [1.54, 1.807) is 0 Å². The van der Waals surface area contributed by atoms with Gasteiger partial charge in [-0.05, 0) is 78.0 Å². The van der Waals surface area contributed by atoms with Gasteiger partial charge in [0.15, 0.2) is 0 Å². The fraction of sp³-hybridized carbons (Fsp3) is 1.00. The van der Waals surface area contributed by atoms with E-state index < -0.39 is 0 Å². The summed E-state index contributed by atoms with van der Waals surface area (Å²) < 4.78 is 0. The standard InChI is InChI=1S/C15H32N2/c1-6-15(3,4)17(5)11-9-13(2)14-8-7-10-16-12-14/h13-14,16H,6-12H2,1-5H3. The highest BCUT2D eigenvalue weighted by molar-refractivity contribution is 4.79. The van der Waals surface area contributed by atoms with Gasteiger partial charge in [-0.2, -0.15) is 0 Å². The Morgan fingerprint density at radius 1 is 1.41 bits per heavy atom. The lowest BCUT2D eigenvalue weighted by atomic mass is 9.85. The van der Waals surface area contributed by atoms with Crippen LogP contribution in [0.2, 0.25) is 0 Å². The van der Waals surface area contributed by atoms with Crippen molar-refractivity contribution < 1.29 is 0 Å². The van der Waals surface area contributed by atoms with Crippen molar-refractivity contribution in [2.45, 2.75) is 58.9 Å². The zero-order valence-corrected chi connectivity index (χ0v) is 12.6. The number of nitrogens with zero attached hydrogens (tertiary/aromatic N) is 1. The van der Waals surface area contributed by atoms with Crippen molar-refractivity contribution in [3.63, 3.8) is 0 Å². The molecule has 1 rings (SSSR count). The second kappa shape index (κ2) is 6.75. The molecule has 0 bridgehead atoms. The monoisotopic (exact) mass is 240 g/mol. The maximum Gasteiger partial charge on any atom is 0.0147 e. The molecule has 0 aliphatic carbocycles. The highest BCUT2D eigenvalue weighted by atomic mass is 15.2. The summed E-state index contributed by atoms with van der Waals surface area (Å²) in [6, 6.07) is 0. The molecule has 1 aliphatic heterocycles. The summed E-state index contributed by atoms with van der Waals surface area (Å²) in [4.78, 5) is 2.53. The minimum Gasteiger partial charge on any atom is -0.316 e. The Balaban J connectivity index is 2.29. The Morgan fingerprint density at radius 2 is 2.12 bits per heavy atom. The Labute approximate surface area is 108 Å². The van der Waals surface area contributed by atoms with E-state index in [2.05, 4.69) is 45.0 Å². The van der Waals surface area contributed by atoms with Gasteiger partial charge in [-0.3, -0.25) is 0 Å². The summed E-state index contributed by atoms with van der Waals surface area (Å²) in [5, 5.41) is 3.53. The molecule has 1 fully saturated rings. The van der Waals surface area contributed by atoms with Gasteiger partial charge in [-0.25, -0.2) is 0 Å². The molecule has 1 heterocycles. The van der Waals surface area contributed by atoms with E-state index in [1.165, 1.54) is 45.3 Å². The van der Waals surface area contributed by atoms with Crippen LogP contribution in [0.1, 0.15) is 53.4 Å². The van der Waals surface area contributed by atoms with E-state index in [1.807, 2.05) is 0 Å². The zero-order chi connectivity index (χ0) is 12.9. The lowest BCUT2D eigenvalue weighted by Gasteiger charge is -2.36. The summed E-state index contributed by atoms with van der Waals surface area (Å²) in [6.45, 7) is 13.1. The quantitative estimate of drug-likeness (QED) is 0.767. The first kappa shape index (κ1) is 15.0. The Hall–Kier alpha value is -0.0800. The molecule has 1 saturated heterocycles. The van der Waals surface area contributed by atoms with Gasteiger partial charge < -0.3 is 10.2 Å².